The van der Waals surface area contributed by atoms with Crippen molar-refractivity contribution in [2.24, 2.45) is 5.92 Å². The molecule has 3 aromatic rings. The Kier molecular flexibility index (Phi) is 6.04. The van der Waals surface area contributed by atoms with E-state index in [1.165, 1.54) is 16.2 Å². The second-order valence-corrected chi connectivity index (χ2v) is 9.40. The SMILES string of the molecule is COc1ccc(N2CC(C(=O)Nc3ncc(CCN4C(=O)c5ccccc5C4=O)s3)CC2=O)cc1. The minimum absolute atomic E-state index is 0.115. The number of ether oxygens (including phenoxy) is 1. The van der Waals surface area contributed by atoms with Crippen LogP contribution in [0.4, 0.5) is 10.8 Å². The third-order valence-electron chi connectivity index (χ3n) is 6.12. The number of nitrogens with one attached hydrogen (secondary N) is 1. The largest absolute Gasteiger partial charge is 0.497 e. The number of thiazole rings is 1. The first-order valence-electron chi connectivity index (χ1n) is 11.1. The normalized spacial score (nSPS) is 17.2. The van der Waals surface area contributed by atoms with Crippen LogP contribution in [0.15, 0.2) is 54.7 Å². The van der Waals surface area contributed by atoms with Gasteiger partial charge in [-0.1, -0.05) is 12.1 Å². The molecular weight excluding hydrogens is 468 g/mol. The van der Waals surface area contributed by atoms with Crippen LogP contribution in [-0.2, 0) is 16.0 Å². The fourth-order valence-corrected chi connectivity index (χ4v) is 5.05. The Morgan fingerprint density at radius 1 is 1.09 bits per heavy atom. The van der Waals surface area contributed by atoms with Crippen LogP contribution in [0, 0.1) is 5.92 Å². The Morgan fingerprint density at radius 2 is 1.77 bits per heavy atom. The van der Waals surface area contributed by atoms with Gasteiger partial charge in [-0.05, 0) is 36.4 Å². The Hall–Kier alpha value is -4.05. The number of methoxy groups -OCH3 is 1. The van der Waals surface area contributed by atoms with Gasteiger partial charge in [-0.25, -0.2) is 4.98 Å². The average Bonchev–Trinajstić information content (AvgIpc) is 3.55. The van der Waals surface area contributed by atoms with Crippen LogP contribution in [0.2, 0.25) is 0 Å². The predicted molar refractivity (Wildman–Crippen MR) is 130 cm³/mol. The van der Waals surface area contributed by atoms with E-state index in [1.807, 2.05) is 0 Å². The van der Waals surface area contributed by atoms with Gasteiger partial charge >= 0.3 is 0 Å². The van der Waals surface area contributed by atoms with E-state index in [2.05, 4.69) is 10.3 Å². The molecule has 3 heterocycles. The van der Waals surface area contributed by atoms with Gasteiger partial charge in [0.2, 0.25) is 11.8 Å². The molecule has 9 nitrogen and oxygen atoms in total. The molecule has 0 bridgehead atoms. The third-order valence-corrected chi connectivity index (χ3v) is 7.10. The van der Waals surface area contributed by atoms with Crippen LogP contribution in [0.1, 0.15) is 32.0 Å². The molecule has 178 valence electrons. The molecule has 4 amide bonds. The smallest absolute Gasteiger partial charge is 0.261 e. The van der Waals surface area contributed by atoms with Crippen molar-refractivity contribution in [2.75, 3.05) is 30.4 Å². The summed E-state index contributed by atoms with van der Waals surface area (Å²) in [5.41, 5.74) is 1.56. The molecule has 2 aliphatic rings. The monoisotopic (exact) mass is 490 g/mol. The van der Waals surface area contributed by atoms with E-state index < -0.39 is 5.92 Å². The highest BCUT2D eigenvalue weighted by molar-refractivity contribution is 7.15. The summed E-state index contributed by atoms with van der Waals surface area (Å²) in [5, 5.41) is 3.22. The second-order valence-electron chi connectivity index (χ2n) is 8.28. The first kappa shape index (κ1) is 22.7. The lowest BCUT2D eigenvalue weighted by molar-refractivity contribution is -0.122. The zero-order valence-corrected chi connectivity index (χ0v) is 19.7. The number of imide groups is 1. The number of benzene rings is 2. The summed E-state index contributed by atoms with van der Waals surface area (Å²) in [6, 6.07) is 13.9. The van der Waals surface area contributed by atoms with Crippen molar-refractivity contribution in [3.63, 3.8) is 0 Å². The van der Waals surface area contributed by atoms with Gasteiger partial charge in [0.1, 0.15) is 5.75 Å². The lowest BCUT2D eigenvalue weighted by Crippen LogP contribution is -2.31. The maximum Gasteiger partial charge on any atom is 0.261 e. The fraction of sp³-hybridized carbons (Fsp3) is 0.240. The van der Waals surface area contributed by atoms with E-state index in [9.17, 15) is 19.2 Å². The standard InChI is InChI=1S/C25H22N4O5S/c1-34-17-8-6-16(7-9-17)29-14-15(12-21(29)30)22(31)27-25-26-13-18(35-25)10-11-28-23(32)19-4-2-3-5-20(19)24(28)33/h2-9,13,15H,10-12,14H2,1H3,(H,26,27,31). The molecule has 2 aromatic carbocycles. The van der Waals surface area contributed by atoms with Gasteiger partial charge < -0.3 is 15.0 Å². The highest BCUT2D eigenvalue weighted by atomic mass is 32.1. The molecular formula is C25H22N4O5S. The van der Waals surface area contributed by atoms with Crippen molar-refractivity contribution in [3.05, 3.63) is 70.7 Å². The molecule has 35 heavy (non-hydrogen) atoms. The van der Waals surface area contributed by atoms with Gasteiger partial charge in [-0.2, -0.15) is 0 Å². The highest BCUT2D eigenvalue weighted by Crippen LogP contribution is 2.29. The van der Waals surface area contributed by atoms with E-state index >= 15 is 0 Å². The minimum atomic E-state index is -0.490. The zero-order chi connectivity index (χ0) is 24.5. The summed E-state index contributed by atoms with van der Waals surface area (Å²) in [7, 11) is 1.57. The minimum Gasteiger partial charge on any atom is -0.497 e. The molecule has 1 atom stereocenters. The first-order valence-corrected chi connectivity index (χ1v) is 11.9. The van der Waals surface area contributed by atoms with Crippen LogP contribution >= 0.6 is 11.3 Å². The summed E-state index contributed by atoms with van der Waals surface area (Å²) in [5.74, 6) is -0.772. The molecule has 0 radical (unpaired) electrons. The number of amides is 4. The molecule has 0 aliphatic carbocycles. The topological polar surface area (TPSA) is 109 Å². The predicted octanol–water partition coefficient (Wildman–Crippen LogP) is 2.98. The molecule has 2 aliphatic heterocycles. The lowest BCUT2D eigenvalue weighted by Gasteiger charge is -2.16. The second kappa shape index (κ2) is 9.30. The van der Waals surface area contributed by atoms with Crippen LogP contribution in [-0.4, -0.2) is 53.7 Å². The lowest BCUT2D eigenvalue weighted by atomic mass is 10.1. The van der Waals surface area contributed by atoms with Crippen LogP contribution in [0.25, 0.3) is 0 Å². The Labute approximate surface area is 205 Å². The molecule has 0 saturated carbocycles. The van der Waals surface area contributed by atoms with Crippen molar-refractivity contribution in [3.8, 4) is 5.75 Å². The van der Waals surface area contributed by atoms with E-state index in [0.717, 1.165) is 10.6 Å². The summed E-state index contributed by atoms with van der Waals surface area (Å²) < 4.78 is 5.15. The summed E-state index contributed by atoms with van der Waals surface area (Å²) in [6.07, 6.45) is 2.18. The van der Waals surface area contributed by atoms with Gasteiger partial charge in [0.15, 0.2) is 5.13 Å². The molecule has 1 aromatic heterocycles. The Balaban J connectivity index is 1.16. The maximum absolute atomic E-state index is 12.8. The van der Waals surface area contributed by atoms with Crippen molar-refractivity contribution in [1.29, 1.82) is 0 Å². The van der Waals surface area contributed by atoms with Gasteiger partial charge in [0.05, 0.1) is 24.2 Å². The summed E-state index contributed by atoms with van der Waals surface area (Å²) in [4.78, 5) is 58.2. The maximum atomic E-state index is 12.8. The van der Waals surface area contributed by atoms with E-state index in [-0.39, 0.29) is 43.1 Å². The molecule has 1 saturated heterocycles. The van der Waals surface area contributed by atoms with Crippen LogP contribution < -0.4 is 15.0 Å². The number of hydrogen-bond donors (Lipinski definition) is 1. The summed E-state index contributed by atoms with van der Waals surface area (Å²) in [6.45, 7) is 0.519. The number of carbonyl (C=O) groups excluding carboxylic acids is 4. The average molecular weight is 491 g/mol. The Morgan fingerprint density at radius 3 is 2.43 bits per heavy atom. The van der Waals surface area contributed by atoms with Crippen molar-refractivity contribution < 1.29 is 23.9 Å². The Bertz CT molecular complexity index is 1280. The van der Waals surface area contributed by atoms with E-state index in [0.29, 0.717) is 28.4 Å². The van der Waals surface area contributed by atoms with Gasteiger partial charge in [0.25, 0.3) is 11.8 Å². The van der Waals surface area contributed by atoms with Crippen molar-refractivity contribution in [2.45, 2.75) is 12.8 Å². The molecule has 1 unspecified atom stereocenters. The number of aromatic nitrogens is 1. The molecule has 10 heteroatoms. The van der Waals surface area contributed by atoms with Gasteiger partial charge in [0, 0.05) is 42.7 Å². The molecule has 0 spiro atoms. The van der Waals surface area contributed by atoms with Crippen molar-refractivity contribution in [1.82, 2.24) is 9.88 Å². The summed E-state index contributed by atoms with van der Waals surface area (Å²) >= 11 is 1.29. The van der Waals surface area contributed by atoms with Gasteiger partial charge in [-0.3, -0.25) is 24.1 Å². The quantitative estimate of drug-likeness (QED) is 0.510. The van der Waals surface area contributed by atoms with E-state index in [4.69, 9.17) is 4.74 Å². The highest BCUT2D eigenvalue weighted by Gasteiger charge is 2.36. The number of rotatable bonds is 7. The molecule has 5 rings (SSSR count). The van der Waals surface area contributed by atoms with Crippen molar-refractivity contribution >= 4 is 45.8 Å². The number of fused-ring (bicyclic) bond motifs is 1. The van der Waals surface area contributed by atoms with Crippen LogP contribution in [0.5, 0.6) is 5.75 Å². The third kappa shape index (κ3) is 4.40. The first-order chi connectivity index (χ1) is 16.9. The molecule has 1 fully saturated rings. The fourth-order valence-electron chi connectivity index (χ4n) is 4.25. The molecule has 1 N–H and O–H groups in total. The number of anilines is 2. The van der Waals surface area contributed by atoms with Crippen LogP contribution in [0.3, 0.4) is 0 Å². The number of nitrogens with zero attached hydrogens (tertiary/aromatic N) is 3. The van der Waals surface area contributed by atoms with Gasteiger partial charge in [-0.15, -0.1) is 11.3 Å². The number of hydrogen-bond acceptors (Lipinski definition) is 7. The zero-order valence-electron chi connectivity index (χ0n) is 18.9. The number of carbonyl (C=O) groups is 4. The van der Waals surface area contributed by atoms with E-state index in [1.54, 1.807) is 66.7 Å².